The number of benzene rings is 1. The van der Waals surface area contributed by atoms with Gasteiger partial charge in [-0.05, 0) is 56.0 Å². The molecule has 2 nitrogen and oxygen atoms in total. The van der Waals surface area contributed by atoms with Gasteiger partial charge in [0.05, 0.1) is 0 Å². The van der Waals surface area contributed by atoms with Gasteiger partial charge in [0, 0.05) is 23.6 Å². The molecule has 0 bridgehead atoms. The van der Waals surface area contributed by atoms with Gasteiger partial charge in [-0.2, -0.15) is 0 Å². The molecule has 2 aliphatic rings. The second kappa shape index (κ2) is 6.13. The van der Waals surface area contributed by atoms with Crippen LogP contribution in [0.2, 0.25) is 0 Å². The molecule has 0 radical (unpaired) electrons. The van der Waals surface area contributed by atoms with E-state index >= 15 is 0 Å². The first-order valence-corrected chi connectivity index (χ1v) is 7.68. The Morgan fingerprint density at radius 1 is 1.26 bits per heavy atom. The van der Waals surface area contributed by atoms with Crippen LogP contribution < -0.4 is 5.32 Å². The Bertz CT molecular complexity index is 415. The summed E-state index contributed by atoms with van der Waals surface area (Å²) in [6.45, 7) is 7.28. The van der Waals surface area contributed by atoms with E-state index in [1.165, 1.54) is 44.6 Å². The fraction of sp³-hybridized carbons (Fsp3) is 0.600. The number of likely N-dealkylation sites (tertiary alicyclic amines) is 1. The summed E-state index contributed by atoms with van der Waals surface area (Å²) in [5, 5.41) is 3.53. The first-order chi connectivity index (χ1) is 8.69. The summed E-state index contributed by atoms with van der Waals surface area (Å²) in [5.41, 5.74) is 2.00. The predicted molar refractivity (Wildman–Crippen MR) is 85.9 cm³/mol. The van der Waals surface area contributed by atoms with Crippen molar-refractivity contribution < 1.29 is 0 Å². The second-order valence-electron chi connectivity index (χ2n) is 5.87. The van der Waals surface area contributed by atoms with Crippen molar-refractivity contribution in [3.8, 4) is 0 Å². The fourth-order valence-electron chi connectivity index (χ4n) is 3.40. The highest BCUT2D eigenvalue weighted by atomic mass is 79.9. The van der Waals surface area contributed by atoms with E-state index < -0.39 is 0 Å². The number of hydrogen-bond acceptors (Lipinski definition) is 2. The molecule has 1 N–H and O–H groups in total. The minimum Gasteiger partial charge on any atom is -0.316 e. The third-order valence-corrected chi connectivity index (χ3v) is 5.23. The van der Waals surface area contributed by atoms with Crippen molar-refractivity contribution in [2.75, 3.05) is 26.2 Å². The monoisotopic (exact) mass is 344 g/mol. The van der Waals surface area contributed by atoms with Crippen LogP contribution in [-0.4, -0.2) is 31.1 Å². The Balaban J connectivity index is 0.00000133. The van der Waals surface area contributed by atoms with Crippen molar-refractivity contribution >= 4 is 28.3 Å². The van der Waals surface area contributed by atoms with Gasteiger partial charge in [0.15, 0.2) is 0 Å². The van der Waals surface area contributed by atoms with E-state index in [0.717, 1.165) is 4.47 Å². The van der Waals surface area contributed by atoms with Gasteiger partial charge in [-0.3, -0.25) is 4.90 Å². The molecule has 1 spiro atoms. The molecule has 0 saturated carbocycles. The van der Waals surface area contributed by atoms with Crippen molar-refractivity contribution in [3.63, 3.8) is 0 Å². The normalized spacial score (nSPS) is 28.5. The maximum atomic E-state index is 3.53. The largest absolute Gasteiger partial charge is 0.316 e. The van der Waals surface area contributed by atoms with Crippen LogP contribution in [0.5, 0.6) is 0 Å². The molecule has 0 aliphatic carbocycles. The van der Waals surface area contributed by atoms with Crippen LogP contribution in [0.1, 0.15) is 31.4 Å². The highest BCUT2D eigenvalue weighted by molar-refractivity contribution is 9.10. The van der Waals surface area contributed by atoms with Gasteiger partial charge in [0.1, 0.15) is 0 Å². The summed E-state index contributed by atoms with van der Waals surface area (Å²) >= 11 is 3.50. The van der Waals surface area contributed by atoms with Gasteiger partial charge in [-0.15, -0.1) is 12.4 Å². The lowest BCUT2D eigenvalue weighted by atomic mass is 9.86. The van der Waals surface area contributed by atoms with Gasteiger partial charge < -0.3 is 5.32 Å². The Hall–Kier alpha value is -0.0900. The third-order valence-electron chi connectivity index (χ3n) is 4.70. The van der Waals surface area contributed by atoms with Crippen LogP contribution in [0.4, 0.5) is 0 Å². The van der Waals surface area contributed by atoms with E-state index in [4.69, 9.17) is 0 Å². The SMILES string of the molecule is CC(c1ccc(Br)cc1)N1CCC2(CCNC2)C1.Cl. The molecule has 2 unspecified atom stereocenters. The summed E-state index contributed by atoms with van der Waals surface area (Å²) < 4.78 is 1.16. The van der Waals surface area contributed by atoms with Crippen molar-refractivity contribution in [1.29, 1.82) is 0 Å². The Morgan fingerprint density at radius 3 is 2.63 bits per heavy atom. The van der Waals surface area contributed by atoms with E-state index in [-0.39, 0.29) is 12.4 Å². The molecule has 0 amide bonds. The zero-order valence-electron chi connectivity index (χ0n) is 11.4. The third kappa shape index (κ3) is 3.15. The molecule has 2 heterocycles. The van der Waals surface area contributed by atoms with Gasteiger partial charge in [0.2, 0.25) is 0 Å². The summed E-state index contributed by atoms with van der Waals surface area (Å²) in [6, 6.07) is 9.32. The van der Waals surface area contributed by atoms with Gasteiger partial charge in [0.25, 0.3) is 0 Å². The lowest BCUT2D eigenvalue weighted by Crippen LogP contribution is -2.30. The molecule has 2 saturated heterocycles. The summed E-state index contributed by atoms with van der Waals surface area (Å²) in [6.07, 6.45) is 2.72. The van der Waals surface area contributed by atoms with Crippen molar-refractivity contribution in [2.45, 2.75) is 25.8 Å². The van der Waals surface area contributed by atoms with Gasteiger partial charge >= 0.3 is 0 Å². The molecule has 4 heteroatoms. The lowest BCUT2D eigenvalue weighted by molar-refractivity contribution is 0.224. The quantitative estimate of drug-likeness (QED) is 0.881. The summed E-state index contributed by atoms with van der Waals surface area (Å²) in [5.74, 6) is 0. The fourth-order valence-corrected chi connectivity index (χ4v) is 3.66. The molecular weight excluding hydrogens is 324 g/mol. The Morgan fingerprint density at radius 2 is 2.00 bits per heavy atom. The van der Waals surface area contributed by atoms with Gasteiger partial charge in [-0.1, -0.05) is 28.1 Å². The second-order valence-corrected chi connectivity index (χ2v) is 6.79. The van der Waals surface area contributed by atoms with E-state index in [1.54, 1.807) is 0 Å². The predicted octanol–water partition coefficient (Wildman–Crippen LogP) is 3.62. The first kappa shape index (κ1) is 15.3. The van der Waals surface area contributed by atoms with E-state index in [1.807, 2.05) is 0 Å². The standard InChI is InChI=1S/C15H21BrN2.ClH/c1-12(13-2-4-14(16)5-3-13)18-9-7-15(11-18)6-8-17-10-15;/h2-5,12,17H,6-11H2,1H3;1H. The molecule has 0 aromatic heterocycles. The maximum Gasteiger partial charge on any atom is 0.0320 e. The van der Waals surface area contributed by atoms with E-state index in [9.17, 15) is 0 Å². The molecular formula is C15H22BrClN2. The summed E-state index contributed by atoms with van der Waals surface area (Å²) in [4.78, 5) is 2.65. The Labute approximate surface area is 130 Å². The minimum absolute atomic E-state index is 0. The average Bonchev–Trinajstić information content (AvgIpc) is 3.01. The van der Waals surface area contributed by atoms with Crippen LogP contribution in [0.15, 0.2) is 28.7 Å². The number of hydrogen-bond donors (Lipinski definition) is 1. The molecule has 19 heavy (non-hydrogen) atoms. The number of rotatable bonds is 2. The molecule has 1 aromatic rings. The molecule has 106 valence electrons. The van der Waals surface area contributed by atoms with Crippen LogP contribution in [0.25, 0.3) is 0 Å². The molecule has 2 fully saturated rings. The smallest absolute Gasteiger partial charge is 0.0320 e. The average molecular weight is 346 g/mol. The first-order valence-electron chi connectivity index (χ1n) is 6.89. The highest BCUT2D eigenvalue weighted by Gasteiger charge is 2.41. The number of nitrogens with zero attached hydrogens (tertiary/aromatic N) is 1. The van der Waals surface area contributed by atoms with Crippen LogP contribution in [-0.2, 0) is 0 Å². The topological polar surface area (TPSA) is 15.3 Å². The number of nitrogens with one attached hydrogen (secondary N) is 1. The van der Waals surface area contributed by atoms with Gasteiger partial charge in [-0.25, -0.2) is 0 Å². The van der Waals surface area contributed by atoms with Crippen molar-refractivity contribution in [1.82, 2.24) is 10.2 Å². The van der Waals surface area contributed by atoms with Crippen molar-refractivity contribution in [2.24, 2.45) is 5.41 Å². The van der Waals surface area contributed by atoms with E-state index in [0.29, 0.717) is 11.5 Å². The lowest BCUT2D eigenvalue weighted by Gasteiger charge is -2.27. The zero-order chi connectivity index (χ0) is 12.6. The summed E-state index contributed by atoms with van der Waals surface area (Å²) in [7, 11) is 0. The van der Waals surface area contributed by atoms with Crippen molar-refractivity contribution in [3.05, 3.63) is 34.3 Å². The zero-order valence-corrected chi connectivity index (χ0v) is 13.8. The minimum atomic E-state index is 0. The molecule has 3 rings (SSSR count). The highest BCUT2D eigenvalue weighted by Crippen LogP contribution is 2.39. The molecule has 1 aromatic carbocycles. The molecule has 2 aliphatic heterocycles. The van der Waals surface area contributed by atoms with E-state index in [2.05, 4.69) is 57.3 Å². The molecule has 2 atom stereocenters. The Kier molecular flexibility index (Phi) is 4.93. The van der Waals surface area contributed by atoms with Crippen LogP contribution >= 0.6 is 28.3 Å². The number of halogens is 2. The maximum absolute atomic E-state index is 3.53. The van der Waals surface area contributed by atoms with Crippen LogP contribution in [0.3, 0.4) is 0 Å². The van der Waals surface area contributed by atoms with Crippen LogP contribution in [0, 0.1) is 5.41 Å².